The van der Waals surface area contributed by atoms with E-state index in [4.69, 9.17) is 4.74 Å². The Balaban J connectivity index is 2.54. The van der Waals surface area contributed by atoms with Gasteiger partial charge in [0, 0.05) is 18.8 Å². The quantitative estimate of drug-likeness (QED) is 0.700. The number of nitrogens with one attached hydrogen (secondary N) is 1. The van der Waals surface area contributed by atoms with Crippen molar-refractivity contribution < 1.29 is 4.74 Å². The molecule has 1 aromatic rings. The molecular formula is C10H15N3O. The Hall–Kier alpha value is -1.58. The van der Waals surface area contributed by atoms with E-state index in [0.29, 0.717) is 18.4 Å². The number of aromatic nitrogens is 2. The highest BCUT2D eigenvalue weighted by molar-refractivity contribution is 5.27. The van der Waals surface area contributed by atoms with Crippen LogP contribution in [0.1, 0.15) is 13.3 Å². The third-order valence-corrected chi connectivity index (χ3v) is 1.51. The van der Waals surface area contributed by atoms with E-state index in [0.717, 1.165) is 13.0 Å². The van der Waals surface area contributed by atoms with E-state index in [9.17, 15) is 0 Å². The first-order valence-corrected chi connectivity index (χ1v) is 4.67. The molecule has 0 unspecified atom stereocenters. The number of hydrogen-bond donors (Lipinski definition) is 1. The Morgan fingerprint density at radius 3 is 3.21 bits per heavy atom. The molecule has 0 fully saturated rings. The number of hydrogen-bond acceptors (Lipinski definition) is 4. The van der Waals surface area contributed by atoms with Gasteiger partial charge in [0.25, 0.3) is 0 Å². The number of rotatable bonds is 6. The maximum atomic E-state index is 5.27. The van der Waals surface area contributed by atoms with Crippen LogP contribution in [0.15, 0.2) is 24.9 Å². The summed E-state index contributed by atoms with van der Waals surface area (Å²) in [5.41, 5.74) is 0. The van der Waals surface area contributed by atoms with Gasteiger partial charge in [-0.05, 0) is 6.42 Å². The van der Waals surface area contributed by atoms with Crippen LogP contribution in [-0.4, -0.2) is 23.1 Å². The minimum absolute atomic E-state index is 0.463. The fourth-order valence-corrected chi connectivity index (χ4v) is 0.889. The normalized spacial score (nSPS) is 9.50. The van der Waals surface area contributed by atoms with Crippen molar-refractivity contribution in [1.82, 2.24) is 9.97 Å². The maximum absolute atomic E-state index is 5.27. The molecule has 0 saturated carbocycles. The van der Waals surface area contributed by atoms with Gasteiger partial charge in [-0.3, -0.25) is 0 Å². The summed E-state index contributed by atoms with van der Waals surface area (Å²) < 4.78 is 5.27. The van der Waals surface area contributed by atoms with Gasteiger partial charge in [-0.25, -0.2) is 4.98 Å². The van der Waals surface area contributed by atoms with E-state index in [2.05, 4.69) is 28.8 Å². The van der Waals surface area contributed by atoms with Gasteiger partial charge in [0.15, 0.2) is 0 Å². The molecule has 0 aliphatic rings. The predicted octanol–water partition coefficient (Wildman–Crippen LogP) is 1.86. The van der Waals surface area contributed by atoms with Crippen molar-refractivity contribution in [2.45, 2.75) is 13.3 Å². The van der Waals surface area contributed by atoms with Gasteiger partial charge in [0.2, 0.25) is 11.8 Å². The lowest BCUT2D eigenvalue weighted by molar-refractivity contribution is 0.348. The molecule has 4 heteroatoms. The molecule has 0 spiro atoms. The number of nitrogens with zero attached hydrogens (tertiary/aromatic N) is 2. The summed E-state index contributed by atoms with van der Waals surface area (Å²) in [6.07, 6.45) is 4.39. The lowest BCUT2D eigenvalue weighted by atomic mass is 10.5. The van der Waals surface area contributed by atoms with E-state index in [1.54, 1.807) is 18.3 Å². The minimum atomic E-state index is 0.463. The van der Waals surface area contributed by atoms with Gasteiger partial charge in [-0.1, -0.05) is 19.6 Å². The van der Waals surface area contributed by atoms with Gasteiger partial charge >= 0.3 is 0 Å². The summed E-state index contributed by atoms with van der Waals surface area (Å²) in [5, 5.41) is 3.08. The molecule has 1 aromatic heterocycles. The van der Waals surface area contributed by atoms with E-state index < -0.39 is 0 Å². The average molecular weight is 193 g/mol. The molecular weight excluding hydrogens is 178 g/mol. The summed E-state index contributed by atoms with van der Waals surface area (Å²) in [5.74, 6) is 1.17. The molecule has 4 nitrogen and oxygen atoms in total. The molecule has 1 N–H and O–H groups in total. The van der Waals surface area contributed by atoms with Gasteiger partial charge < -0.3 is 10.1 Å². The van der Waals surface area contributed by atoms with Crippen molar-refractivity contribution in [3.63, 3.8) is 0 Å². The van der Waals surface area contributed by atoms with E-state index in [-0.39, 0.29) is 0 Å². The predicted molar refractivity (Wildman–Crippen MR) is 56.5 cm³/mol. The number of anilines is 1. The summed E-state index contributed by atoms with van der Waals surface area (Å²) in [4.78, 5) is 8.21. The smallest absolute Gasteiger partial charge is 0.225 e. The summed E-state index contributed by atoms with van der Waals surface area (Å²) >= 11 is 0. The fourth-order valence-electron chi connectivity index (χ4n) is 0.889. The largest absolute Gasteiger partial charge is 0.473 e. The first-order valence-electron chi connectivity index (χ1n) is 4.67. The summed E-state index contributed by atoms with van der Waals surface area (Å²) in [6, 6.07) is 1.72. The van der Waals surface area contributed by atoms with Gasteiger partial charge in [-0.15, -0.1) is 0 Å². The topological polar surface area (TPSA) is 47.0 Å². The van der Waals surface area contributed by atoms with Crippen molar-refractivity contribution in [2.75, 3.05) is 18.5 Å². The molecule has 0 atom stereocenters. The van der Waals surface area contributed by atoms with Crippen LogP contribution in [-0.2, 0) is 0 Å². The Labute approximate surface area is 84.0 Å². The Morgan fingerprint density at radius 2 is 2.50 bits per heavy atom. The highest BCUT2D eigenvalue weighted by Crippen LogP contribution is 2.07. The monoisotopic (exact) mass is 193 g/mol. The SMILES string of the molecule is C=CCOc1ccnc(NCCC)n1. The van der Waals surface area contributed by atoms with Crippen molar-refractivity contribution in [3.8, 4) is 5.88 Å². The molecule has 0 aliphatic heterocycles. The summed E-state index contributed by atoms with van der Waals surface area (Å²) in [7, 11) is 0. The average Bonchev–Trinajstić information content (AvgIpc) is 2.24. The molecule has 0 radical (unpaired) electrons. The first kappa shape index (κ1) is 10.5. The van der Waals surface area contributed by atoms with Crippen LogP contribution in [0.25, 0.3) is 0 Å². The van der Waals surface area contributed by atoms with Crippen molar-refractivity contribution >= 4 is 5.95 Å². The molecule has 1 rings (SSSR count). The Morgan fingerprint density at radius 1 is 1.64 bits per heavy atom. The molecule has 0 saturated heterocycles. The molecule has 1 heterocycles. The Bertz CT molecular complexity index is 288. The zero-order chi connectivity index (χ0) is 10.2. The van der Waals surface area contributed by atoms with Crippen LogP contribution in [0.3, 0.4) is 0 Å². The second-order valence-corrected chi connectivity index (χ2v) is 2.74. The fraction of sp³-hybridized carbons (Fsp3) is 0.400. The van der Waals surface area contributed by atoms with Crippen LogP contribution < -0.4 is 10.1 Å². The lowest BCUT2D eigenvalue weighted by Gasteiger charge is -2.05. The van der Waals surface area contributed by atoms with Crippen molar-refractivity contribution in [2.24, 2.45) is 0 Å². The minimum Gasteiger partial charge on any atom is -0.473 e. The molecule has 0 amide bonds. The van der Waals surface area contributed by atoms with Crippen LogP contribution >= 0.6 is 0 Å². The molecule has 14 heavy (non-hydrogen) atoms. The zero-order valence-corrected chi connectivity index (χ0v) is 8.36. The van der Waals surface area contributed by atoms with Crippen LogP contribution in [0, 0.1) is 0 Å². The van der Waals surface area contributed by atoms with Gasteiger partial charge in [0.05, 0.1) is 0 Å². The highest BCUT2D eigenvalue weighted by Gasteiger charge is 1.97. The second-order valence-electron chi connectivity index (χ2n) is 2.74. The van der Waals surface area contributed by atoms with Crippen LogP contribution in [0.4, 0.5) is 5.95 Å². The molecule has 0 aliphatic carbocycles. The zero-order valence-electron chi connectivity index (χ0n) is 8.36. The summed E-state index contributed by atoms with van der Waals surface area (Å²) in [6.45, 7) is 6.98. The third kappa shape index (κ3) is 3.43. The van der Waals surface area contributed by atoms with Crippen molar-refractivity contribution in [1.29, 1.82) is 0 Å². The van der Waals surface area contributed by atoms with E-state index in [1.807, 2.05) is 0 Å². The first-order chi connectivity index (χ1) is 6.86. The van der Waals surface area contributed by atoms with E-state index in [1.165, 1.54) is 0 Å². The lowest BCUT2D eigenvalue weighted by Crippen LogP contribution is -2.05. The number of ether oxygens (including phenoxy) is 1. The van der Waals surface area contributed by atoms with Gasteiger partial charge in [-0.2, -0.15) is 4.98 Å². The molecule has 0 bridgehead atoms. The maximum Gasteiger partial charge on any atom is 0.225 e. The second kappa shape index (κ2) is 5.96. The van der Waals surface area contributed by atoms with Crippen LogP contribution in [0.5, 0.6) is 5.88 Å². The standard InChI is InChI=1S/C10H15N3O/c1-3-6-11-10-12-7-5-9(13-10)14-8-4-2/h4-5,7H,2-3,6,8H2,1H3,(H,11,12,13). The third-order valence-electron chi connectivity index (χ3n) is 1.51. The molecule has 76 valence electrons. The van der Waals surface area contributed by atoms with Crippen LogP contribution in [0.2, 0.25) is 0 Å². The highest BCUT2D eigenvalue weighted by atomic mass is 16.5. The van der Waals surface area contributed by atoms with Crippen molar-refractivity contribution in [3.05, 3.63) is 24.9 Å². The van der Waals surface area contributed by atoms with E-state index >= 15 is 0 Å². The van der Waals surface area contributed by atoms with Gasteiger partial charge in [0.1, 0.15) is 6.61 Å². The Kier molecular flexibility index (Phi) is 4.47. The molecule has 0 aromatic carbocycles.